The summed E-state index contributed by atoms with van der Waals surface area (Å²) in [6.07, 6.45) is 0. The monoisotopic (exact) mass is 270 g/mol. The lowest BCUT2D eigenvalue weighted by molar-refractivity contribution is -0.114. The first-order valence-electron chi connectivity index (χ1n) is 6.43. The predicted molar refractivity (Wildman–Crippen MR) is 80.1 cm³/mol. The number of carbonyl (C=O) groups is 1. The molecule has 4 heteroatoms. The van der Waals surface area contributed by atoms with E-state index in [0.29, 0.717) is 11.4 Å². The Hall–Kier alpha value is -2.33. The highest BCUT2D eigenvalue weighted by Gasteiger charge is 2.03. The molecule has 0 atom stereocenters. The van der Waals surface area contributed by atoms with Crippen LogP contribution in [-0.4, -0.2) is 12.5 Å². The zero-order valence-electron chi connectivity index (χ0n) is 11.6. The number of amides is 1. The Morgan fingerprint density at radius 3 is 2.45 bits per heavy atom. The van der Waals surface area contributed by atoms with E-state index in [-0.39, 0.29) is 12.5 Å². The number of benzene rings is 2. The van der Waals surface area contributed by atoms with Gasteiger partial charge in [-0.25, -0.2) is 0 Å². The number of hydrogen-bond acceptors (Lipinski definition) is 3. The van der Waals surface area contributed by atoms with Crippen LogP contribution in [0.3, 0.4) is 0 Å². The van der Waals surface area contributed by atoms with Crippen molar-refractivity contribution in [2.75, 3.05) is 11.9 Å². The largest absolute Gasteiger partial charge is 0.457 e. The molecule has 0 spiro atoms. The van der Waals surface area contributed by atoms with E-state index in [9.17, 15) is 4.79 Å². The van der Waals surface area contributed by atoms with E-state index in [2.05, 4.69) is 11.4 Å². The molecule has 0 saturated carbocycles. The maximum atomic E-state index is 11.3. The minimum absolute atomic E-state index is 0.0395. The fourth-order valence-electron chi connectivity index (χ4n) is 1.98. The van der Waals surface area contributed by atoms with Gasteiger partial charge in [0.2, 0.25) is 5.91 Å². The quantitative estimate of drug-likeness (QED) is 0.897. The van der Waals surface area contributed by atoms with Crippen molar-refractivity contribution in [3.63, 3.8) is 0 Å². The molecule has 4 nitrogen and oxygen atoms in total. The molecular formula is C16H18N2O2. The molecule has 104 valence electrons. The molecule has 2 aromatic carbocycles. The van der Waals surface area contributed by atoms with Gasteiger partial charge in [-0.3, -0.25) is 4.79 Å². The van der Waals surface area contributed by atoms with Gasteiger partial charge < -0.3 is 15.8 Å². The summed E-state index contributed by atoms with van der Waals surface area (Å²) >= 11 is 0. The molecule has 0 heterocycles. The molecule has 0 aromatic heterocycles. The number of aryl methyl sites for hydroxylation is 2. The SMILES string of the molecule is Cc1cc(C)cc(Oc2cccc(NC(=O)CN)c2)c1. The number of anilines is 1. The van der Waals surface area contributed by atoms with Crippen molar-refractivity contribution >= 4 is 11.6 Å². The lowest BCUT2D eigenvalue weighted by atomic mass is 10.1. The third-order valence-electron chi connectivity index (χ3n) is 2.73. The summed E-state index contributed by atoms with van der Waals surface area (Å²) in [6.45, 7) is 4.01. The minimum atomic E-state index is -0.228. The lowest BCUT2D eigenvalue weighted by Crippen LogP contribution is -2.21. The van der Waals surface area contributed by atoms with E-state index in [0.717, 1.165) is 16.9 Å². The summed E-state index contributed by atoms with van der Waals surface area (Å²) in [5.74, 6) is 1.23. The van der Waals surface area contributed by atoms with E-state index in [1.807, 2.05) is 38.1 Å². The molecule has 0 fully saturated rings. The molecule has 0 aliphatic rings. The minimum Gasteiger partial charge on any atom is -0.457 e. The molecule has 3 N–H and O–H groups in total. The summed E-state index contributed by atoms with van der Waals surface area (Å²) in [5, 5.41) is 2.70. The van der Waals surface area contributed by atoms with E-state index < -0.39 is 0 Å². The van der Waals surface area contributed by atoms with Crippen LogP contribution in [0.2, 0.25) is 0 Å². The lowest BCUT2D eigenvalue weighted by Gasteiger charge is -2.10. The number of nitrogens with one attached hydrogen (secondary N) is 1. The van der Waals surface area contributed by atoms with Crippen molar-refractivity contribution in [1.82, 2.24) is 0 Å². The van der Waals surface area contributed by atoms with Crippen molar-refractivity contribution in [3.8, 4) is 11.5 Å². The fourth-order valence-corrected chi connectivity index (χ4v) is 1.98. The first-order valence-corrected chi connectivity index (χ1v) is 6.43. The third kappa shape index (κ3) is 3.83. The maximum Gasteiger partial charge on any atom is 0.238 e. The molecule has 2 rings (SSSR count). The Kier molecular flexibility index (Phi) is 4.38. The fraction of sp³-hybridized carbons (Fsp3) is 0.188. The van der Waals surface area contributed by atoms with Crippen LogP contribution in [0.15, 0.2) is 42.5 Å². The molecule has 20 heavy (non-hydrogen) atoms. The Morgan fingerprint density at radius 2 is 1.80 bits per heavy atom. The van der Waals surface area contributed by atoms with Gasteiger partial charge in [-0.05, 0) is 49.2 Å². The van der Waals surface area contributed by atoms with Gasteiger partial charge in [0.1, 0.15) is 11.5 Å². The first kappa shape index (κ1) is 14.1. The van der Waals surface area contributed by atoms with Gasteiger partial charge in [-0.2, -0.15) is 0 Å². The number of hydrogen-bond donors (Lipinski definition) is 2. The molecule has 0 aliphatic carbocycles. The van der Waals surface area contributed by atoms with Gasteiger partial charge in [-0.1, -0.05) is 12.1 Å². The van der Waals surface area contributed by atoms with E-state index >= 15 is 0 Å². The van der Waals surface area contributed by atoms with E-state index in [1.54, 1.807) is 12.1 Å². The zero-order valence-corrected chi connectivity index (χ0v) is 11.6. The number of carbonyl (C=O) groups excluding carboxylic acids is 1. The average Bonchev–Trinajstić information content (AvgIpc) is 2.37. The number of rotatable bonds is 4. The third-order valence-corrected chi connectivity index (χ3v) is 2.73. The van der Waals surface area contributed by atoms with Crippen LogP contribution in [0.25, 0.3) is 0 Å². The first-order chi connectivity index (χ1) is 9.56. The average molecular weight is 270 g/mol. The van der Waals surface area contributed by atoms with Crippen molar-refractivity contribution in [2.45, 2.75) is 13.8 Å². The summed E-state index contributed by atoms with van der Waals surface area (Å²) in [5.41, 5.74) is 8.23. The molecule has 2 aromatic rings. The van der Waals surface area contributed by atoms with Crippen LogP contribution < -0.4 is 15.8 Å². The highest BCUT2D eigenvalue weighted by atomic mass is 16.5. The van der Waals surface area contributed by atoms with E-state index in [4.69, 9.17) is 10.5 Å². The summed E-state index contributed by atoms with van der Waals surface area (Å²) in [6, 6.07) is 13.3. The van der Waals surface area contributed by atoms with Crippen LogP contribution in [-0.2, 0) is 4.79 Å². The van der Waals surface area contributed by atoms with Crippen molar-refractivity contribution in [1.29, 1.82) is 0 Å². The molecule has 1 amide bonds. The Bertz CT molecular complexity index is 603. The van der Waals surface area contributed by atoms with Crippen LogP contribution in [0, 0.1) is 13.8 Å². The molecular weight excluding hydrogens is 252 g/mol. The highest BCUT2D eigenvalue weighted by molar-refractivity contribution is 5.92. The summed E-state index contributed by atoms with van der Waals surface area (Å²) in [7, 11) is 0. The Balaban J connectivity index is 2.17. The van der Waals surface area contributed by atoms with Crippen molar-refractivity contribution in [2.24, 2.45) is 5.73 Å². The summed E-state index contributed by atoms with van der Waals surface area (Å²) in [4.78, 5) is 11.3. The Morgan fingerprint density at radius 1 is 1.10 bits per heavy atom. The van der Waals surface area contributed by atoms with Gasteiger partial charge in [0.25, 0.3) is 0 Å². The number of nitrogens with two attached hydrogens (primary N) is 1. The molecule has 0 aliphatic heterocycles. The highest BCUT2D eigenvalue weighted by Crippen LogP contribution is 2.25. The maximum absolute atomic E-state index is 11.3. The van der Waals surface area contributed by atoms with Crippen molar-refractivity contribution < 1.29 is 9.53 Å². The Labute approximate surface area is 118 Å². The smallest absolute Gasteiger partial charge is 0.238 e. The summed E-state index contributed by atoms with van der Waals surface area (Å²) < 4.78 is 5.81. The van der Waals surface area contributed by atoms with Crippen molar-refractivity contribution in [3.05, 3.63) is 53.6 Å². The normalized spacial score (nSPS) is 10.2. The van der Waals surface area contributed by atoms with Gasteiger partial charge in [-0.15, -0.1) is 0 Å². The molecule has 0 saturated heterocycles. The van der Waals surface area contributed by atoms with Gasteiger partial charge in [0.05, 0.1) is 6.54 Å². The van der Waals surface area contributed by atoms with Gasteiger partial charge >= 0.3 is 0 Å². The number of ether oxygens (including phenoxy) is 1. The second-order valence-electron chi connectivity index (χ2n) is 4.71. The standard InChI is InChI=1S/C16H18N2O2/c1-11-6-12(2)8-15(7-11)20-14-5-3-4-13(9-14)18-16(19)10-17/h3-9H,10,17H2,1-2H3,(H,18,19). The second kappa shape index (κ2) is 6.21. The topological polar surface area (TPSA) is 64.3 Å². The van der Waals surface area contributed by atoms with E-state index in [1.165, 1.54) is 0 Å². The van der Waals surface area contributed by atoms with Crippen LogP contribution in [0.5, 0.6) is 11.5 Å². The molecule has 0 unspecified atom stereocenters. The molecule has 0 radical (unpaired) electrons. The molecule has 0 bridgehead atoms. The van der Waals surface area contributed by atoms with Gasteiger partial charge in [0.15, 0.2) is 0 Å². The second-order valence-corrected chi connectivity index (χ2v) is 4.71. The van der Waals surface area contributed by atoms with Crippen LogP contribution >= 0.6 is 0 Å². The predicted octanol–water partition coefficient (Wildman–Crippen LogP) is 2.99. The van der Waals surface area contributed by atoms with Crippen LogP contribution in [0.1, 0.15) is 11.1 Å². The van der Waals surface area contributed by atoms with Crippen LogP contribution in [0.4, 0.5) is 5.69 Å². The van der Waals surface area contributed by atoms with Gasteiger partial charge in [0, 0.05) is 11.8 Å². The zero-order chi connectivity index (χ0) is 14.5.